The molecule has 1 aromatic carbocycles. The minimum Gasteiger partial charge on any atom is -0.459 e. The van der Waals surface area contributed by atoms with Crippen molar-refractivity contribution < 1.29 is 18.7 Å². The maximum atomic E-state index is 15.9. The highest BCUT2D eigenvalue weighted by atomic mass is 32.2. The number of imidazole rings is 1. The molecule has 0 N–H and O–H groups in total. The van der Waals surface area contributed by atoms with Gasteiger partial charge in [0.15, 0.2) is 11.3 Å². The molecule has 8 nitrogen and oxygen atoms in total. The van der Waals surface area contributed by atoms with Crippen LogP contribution in [0.25, 0.3) is 5.65 Å². The molecule has 1 saturated heterocycles. The van der Waals surface area contributed by atoms with Crippen molar-refractivity contribution in [3.63, 3.8) is 0 Å². The number of carbonyl (C=O) groups is 1. The molecule has 1 aliphatic heterocycles. The van der Waals surface area contributed by atoms with Crippen molar-refractivity contribution in [3.05, 3.63) is 47.8 Å². The van der Waals surface area contributed by atoms with Crippen molar-refractivity contribution >= 4 is 35.1 Å². The van der Waals surface area contributed by atoms with E-state index in [4.69, 9.17) is 9.47 Å². The smallest absolute Gasteiger partial charge is 0.338 e. The number of nitriles is 1. The van der Waals surface area contributed by atoms with Crippen LogP contribution in [0.4, 0.5) is 4.39 Å². The van der Waals surface area contributed by atoms with Crippen molar-refractivity contribution in [2.24, 2.45) is 0 Å². The van der Waals surface area contributed by atoms with E-state index in [0.29, 0.717) is 21.4 Å². The molecule has 0 amide bonds. The van der Waals surface area contributed by atoms with Crippen LogP contribution in [0.5, 0.6) is 0 Å². The Balaban J connectivity index is 1.66. The molecular formula is C21H20FN5O3S2. The second-order valence-electron chi connectivity index (χ2n) is 7.39. The minimum atomic E-state index is -2.08. The Hall–Kier alpha value is -2.68. The number of fused-ring (bicyclic) bond motifs is 1. The number of nitrogens with zero attached hydrogens (tertiary/aromatic N) is 5. The molecule has 32 heavy (non-hydrogen) atoms. The van der Waals surface area contributed by atoms with Gasteiger partial charge in [0, 0.05) is 6.42 Å². The van der Waals surface area contributed by atoms with E-state index in [9.17, 15) is 10.1 Å². The third-order valence-electron chi connectivity index (χ3n) is 5.30. The highest BCUT2D eigenvalue weighted by Gasteiger charge is 2.62. The summed E-state index contributed by atoms with van der Waals surface area (Å²) in [6.45, 7) is 1.12. The van der Waals surface area contributed by atoms with E-state index in [2.05, 4.69) is 15.1 Å². The Morgan fingerprint density at radius 3 is 2.78 bits per heavy atom. The monoisotopic (exact) mass is 473 g/mol. The fourth-order valence-electron chi connectivity index (χ4n) is 3.73. The summed E-state index contributed by atoms with van der Waals surface area (Å²) >= 11 is 2.70. The standard InChI is InChI=1S/C21H20FN5O3S2/c1-20(22)9-14(11-29-18(28)13-7-5-4-6-8-13)30-21(20,12-23)15-10-24-16-17(31-2)25-19(32-3)26-27(15)16/h4-8,10,14H,9,11H2,1-3H3/t14-,20+,21?/m0/s1. The molecule has 0 aliphatic carbocycles. The van der Waals surface area contributed by atoms with Gasteiger partial charge in [0.25, 0.3) is 0 Å². The summed E-state index contributed by atoms with van der Waals surface area (Å²) in [5.74, 6) is -0.541. The molecule has 0 radical (unpaired) electrons. The van der Waals surface area contributed by atoms with Gasteiger partial charge in [0.1, 0.15) is 23.4 Å². The molecular weight excluding hydrogens is 453 g/mol. The second kappa shape index (κ2) is 8.69. The molecule has 11 heteroatoms. The van der Waals surface area contributed by atoms with Crippen molar-refractivity contribution in [1.29, 1.82) is 5.26 Å². The third-order valence-corrected chi connectivity index (χ3v) is 6.50. The van der Waals surface area contributed by atoms with Gasteiger partial charge in [0.05, 0.1) is 17.9 Å². The number of halogens is 1. The SMILES string of the molecule is CSc1nc(SC)c2ncc(C3(C#N)O[C@H](COC(=O)c4ccccc4)C[C@@]3(C)F)n2n1. The lowest BCUT2D eigenvalue weighted by Crippen LogP contribution is -2.43. The molecule has 3 aromatic rings. The second-order valence-corrected chi connectivity index (χ2v) is 8.95. The van der Waals surface area contributed by atoms with Crippen molar-refractivity contribution in [3.8, 4) is 6.07 Å². The van der Waals surface area contributed by atoms with Gasteiger partial charge in [-0.1, -0.05) is 30.0 Å². The molecule has 2 aromatic heterocycles. The van der Waals surface area contributed by atoms with Crippen LogP contribution < -0.4 is 0 Å². The average molecular weight is 474 g/mol. The number of alkyl halides is 1. The van der Waals surface area contributed by atoms with Gasteiger partial charge in [-0.15, -0.1) is 16.9 Å². The van der Waals surface area contributed by atoms with Crippen molar-refractivity contribution in [1.82, 2.24) is 19.6 Å². The molecule has 4 rings (SSSR count). The van der Waals surface area contributed by atoms with Gasteiger partial charge in [-0.2, -0.15) is 5.26 Å². The van der Waals surface area contributed by atoms with Crippen LogP contribution in [0.3, 0.4) is 0 Å². The average Bonchev–Trinajstić information content (AvgIpc) is 3.35. The summed E-state index contributed by atoms with van der Waals surface area (Å²) in [5, 5.41) is 15.6. The fraction of sp³-hybridized carbons (Fsp3) is 0.381. The number of hydrogen-bond acceptors (Lipinski definition) is 9. The summed E-state index contributed by atoms with van der Waals surface area (Å²) in [6.07, 6.45) is 4.12. The first-order valence-corrected chi connectivity index (χ1v) is 12.1. The number of aromatic nitrogens is 4. The van der Waals surface area contributed by atoms with Crippen LogP contribution in [0.1, 0.15) is 29.4 Å². The molecule has 0 saturated carbocycles. The summed E-state index contributed by atoms with van der Waals surface area (Å²) in [7, 11) is 0. The van der Waals surface area contributed by atoms with E-state index >= 15 is 4.39 Å². The molecule has 1 aliphatic rings. The summed E-state index contributed by atoms with van der Waals surface area (Å²) < 4.78 is 28.6. The number of carbonyl (C=O) groups excluding carboxylic acids is 1. The minimum absolute atomic E-state index is 0.133. The van der Waals surface area contributed by atoms with Gasteiger partial charge in [0.2, 0.25) is 10.8 Å². The zero-order valence-electron chi connectivity index (χ0n) is 17.6. The highest BCUT2D eigenvalue weighted by molar-refractivity contribution is 7.99. The lowest BCUT2D eigenvalue weighted by molar-refractivity contribution is -0.0746. The maximum Gasteiger partial charge on any atom is 0.338 e. The number of esters is 1. The quantitative estimate of drug-likeness (QED) is 0.392. The number of benzene rings is 1. The van der Waals surface area contributed by atoms with Crippen LogP contribution in [0.2, 0.25) is 0 Å². The van der Waals surface area contributed by atoms with Gasteiger partial charge in [-0.25, -0.2) is 23.7 Å². The number of rotatable bonds is 6. The molecule has 1 fully saturated rings. The summed E-state index contributed by atoms with van der Waals surface area (Å²) in [5.41, 5.74) is -3.09. The van der Waals surface area contributed by atoms with E-state index in [1.807, 2.05) is 18.6 Å². The first-order valence-electron chi connectivity index (χ1n) is 9.69. The summed E-state index contributed by atoms with van der Waals surface area (Å²) in [4.78, 5) is 21.0. The number of hydrogen-bond donors (Lipinski definition) is 0. The third kappa shape index (κ3) is 3.72. The van der Waals surface area contributed by atoms with Crippen LogP contribution in [-0.2, 0) is 15.1 Å². The van der Waals surface area contributed by atoms with Crippen LogP contribution in [-0.4, -0.2) is 56.4 Å². The lowest BCUT2D eigenvalue weighted by Gasteiger charge is -2.29. The molecule has 1 unspecified atom stereocenters. The summed E-state index contributed by atoms with van der Waals surface area (Å²) in [6, 6.07) is 10.5. The Kier molecular flexibility index (Phi) is 6.11. The zero-order valence-corrected chi connectivity index (χ0v) is 19.2. The van der Waals surface area contributed by atoms with Gasteiger partial charge >= 0.3 is 5.97 Å². The Bertz CT molecular complexity index is 1200. The van der Waals surface area contributed by atoms with Crippen LogP contribution in [0.15, 0.2) is 46.7 Å². The fourth-order valence-corrected chi connectivity index (χ4v) is 4.64. The van der Waals surface area contributed by atoms with Crippen LogP contribution in [0, 0.1) is 11.3 Å². The molecule has 0 bridgehead atoms. The maximum absolute atomic E-state index is 15.9. The topological polar surface area (TPSA) is 102 Å². The largest absolute Gasteiger partial charge is 0.459 e. The number of ether oxygens (including phenoxy) is 2. The Morgan fingerprint density at radius 1 is 1.38 bits per heavy atom. The van der Waals surface area contributed by atoms with E-state index in [1.165, 1.54) is 41.2 Å². The molecule has 3 heterocycles. The van der Waals surface area contributed by atoms with Crippen molar-refractivity contribution in [2.45, 2.75) is 40.9 Å². The highest BCUT2D eigenvalue weighted by Crippen LogP contribution is 2.49. The Morgan fingerprint density at radius 2 is 2.12 bits per heavy atom. The van der Waals surface area contributed by atoms with E-state index < -0.39 is 23.3 Å². The van der Waals surface area contributed by atoms with Gasteiger partial charge < -0.3 is 9.47 Å². The molecule has 0 spiro atoms. The number of thioether (sulfide) groups is 2. The van der Waals surface area contributed by atoms with E-state index in [-0.39, 0.29) is 18.7 Å². The Labute approximate surface area is 192 Å². The normalized spacial score (nSPS) is 25.0. The van der Waals surface area contributed by atoms with Crippen LogP contribution >= 0.6 is 23.5 Å². The predicted octanol–water partition coefficient (Wildman–Crippen LogP) is 3.66. The predicted molar refractivity (Wildman–Crippen MR) is 117 cm³/mol. The lowest BCUT2D eigenvalue weighted by atomic mass is 9.84. The van der Waals surface area contributed by atoms with Gasteiger partial charge in [-0.05, 0) is 31.6 Å². The molecule has 3 atom stereocenters. The van der Waals surface area contributed by atoms with Crippen molar-refractivity contribution in [2.75, 3.05) is 19.1 Å². The van der Waals surface area contributed by atoms with E-state index in [1.54, 1.807) is 30.3 Å². The first kappa shape index (κ1) is 22.5. The van der Waals surface area contributed by atoms with E-state index in [0.717, 1.165) is 0 Å². The zero-order chi connectivity index (χ0) is 22.9. The first-order chi connectivity index (χ1) is 15.3. The van der Waals surface area contributed by atoms with Gasteiger partial charge in [-0.3, -0.25) is 0 Å². The molecule has 166 valence electrons.